The lowest BCUT2D eigenvalue weighted by Gasteiger charge is -2.42. The van der Waals surface area contributed by atoms with Crippen LogP contribution in [0, 0.1) is 5.95 Å². The summed E-state index contributed by atoms with van der Waals surface area (Å²) >= 11 is 0. The smallest absolute Gasteiger partial charge is 0.258 e. The van der Waals surface area contributed by atoms with E-state index in [9.17, 15) is 4.39 Å². The Bertz CT molecular complexity index is 522. The average Bonchev–Trinajstić information content (AvgIpc) is 2.44. The maximum absolute atomic E-state index is 14.5. The third-order valence-corrected chi connectivity index (χ3v) is 10.4. The van der Waals surface area contributed by atoms with Crippen LogP contribution in [0.5, 0.6) is 5.75 Å². The highest BCUT2D eigenvalue weighted by Gasteiger charge is 2.47. The zero-order valence-electron chi connectivity index (χ0n) is 15.4. The van der Waals surface area contributed by atoms with E-state index in [2.05, 4.69) is 53.1 Å². The van der Waals surface area contributed by atoms with E-state index in [0.717, 1.165) is 0 Å². The van der Waals surface area contributed by atoms with Gasteiger partial charge >= 0.3 is 0 Å². The molecule has 0 saturated heterocycles. The van der Waals surface area contributed by atoms with Crippen LogP contribution >= 0.6 is 0 Å². The molecule has 0 aliphatic carbocycles. The molecule has 0 atom stereocenters. The minimum absolute atomic E-state index is 0.237. The Morgan fingerprint density at radius 2 is 1.65 bits per heavy atom. The Morgan fingerprint density at radius 3 is 2.04 bits per heavy atom. The van der Waals surface area contributed by atoms with Gasteiger partial charge in [0.05, 0.1) is 6.61 Å². The molecule has 0 amide bonds. The molecule has 0 aromatic carbocycles. The van der Waals surface area contributed by atoms with Crippen molar-refractivity contribution >= 4 is 14.1 Å². The first-order valence-corrected chi connectivity index (χ1v) is 10.5. The third kappa shape index (κ3) is 4.13. The van der Waals surface area contributed by atoms with Crippen molar-refractivity contribution < 1.29 is 13.6 Å². The van der Waals surface area contributed by atoms with Crippen LogP contribution in [0.15, 0.2) is 18.7 Å². The molecule has 0 saturated carbocycles. The number of nitrogens with zero attached hydrogens (tertiary/aromatic N) is 1. The van der Waals surface area contributed by atoms with Gasteiger partial charge < -0.3 is 9.16 Å². The van der Waals surface area contributed by atoms with E-state index >= 15 is 0 Å². The molecule has 23 heavy (non-hydrogen) atoms. The summed E-state index contributed by atoms with van der Waals surface area (Å²) in [7, 11) is -2.19. The molecule has 1 rings (SSSR count). The van der Waals surface area contributed by atoms with E-state index in [1.807, 2.05) is 6.92 Å². The summed E-state index contributed by atoms with van der Waals surface area (Å²) in [5, 5.41) is 0. The predicted molar refractivity (Wildman–Crippen MR) is 96.5 cm³/mol. The van der Waals surface area contributed by atoms with Gasteiger partial charge in [0.2, 0.25) is 0 Å². The van der Waals surface area contributed by atoms with Crippen LogP contribution < -0.4 is 4.43 Å². The number of hydrogen-bond donors (Lipinski definition) is 0. The van der Waals surface area contributed by atoms with E-state index in [-0.39, 0.29) is 5.75 Å². The molecule has 0 radical (unpaired) electrons. The summed E-state index contributed by atoms with van der Waals surface area (Å²) in [5.41, 5.74) is 1.53. The molecule has 0 fully saturated rings. The van der Waals surface area contributed by atoms with E-state index in [1.165, 1.54) is 0 Å². The van der Waals surface area contributed by atoms with Gasteiger partial charge in [-0.1, -0.05) is 48.1 Å². The van der Waals surface area contributed by atoms with Crippen LogP contribution in [-0.2, 0) is 4.74 Å². The van der Waals surface area contributed by atoms with E-state index < -0.39 is 14.3 Å². The summed E-state index contributed by atoms with van der Waals surface area (Å²) in [6, 6.07) is 3.35. The Balaban J connectivity index is 3.18. The standard InChI is InChI=1S/C18H30FNO2Si/c1-9-21-15(8)16-10-11-17(18(19)20-16)22-23(12(2)3,13(4)5)14(6)7/h10-14H,8-9H2,1-7H3. The molecule has 5 heteroatoms. The van der Waals surface area contributed by atoms with E-state index in [0.29, 0.717) is 34.7 Å². The molecule has 0 spiro atoms. The zero-order chi connectivity index (χ0) is 17.8. The van der Waals surface area contributed by atoms with Crippen molar-refractivity contribution in [3.63, 3.8) is 0 Å². The van der Waals surface area contributed by atoms with Crippen LogP contribution in [0.1, 0.15) is 54.2 Å². The fourth-order valence-electron chi connectivity index (χ4n) is 3.45. The number of pyridine rings is 1. The average molecular weight is 340 g/mol. The SMILES string of the molecule is C=C(OCC)c1ccc(O[Si](C(C)C)(C(C)C)C(C)C)c(F)n1. The molecule has 130 valence electrons. The highest BCUT2D eigenvalue weighted by atomic mass is 28.4. The first-order chi connectivity index (χ1) is 10.7. The molecule has 0 aliphatic heterocycles. The molecule has 1 aromatic heterocycles. The Morgan fingerprint density at radius 1 is 1.13 bits per heavy atom. The maximum atomic E-state index is 14.5. The summed E-state index contributed by atoms with van der Waals surface area (Å²) < 4.78 is 26.1. The number of ether oxygens (including phenoxy) is 1. The van der Waals surface area contributed by atoms with Crippen molar-refractivity contribution in [2.24, 2.45) is 0 Å². The number of aromatic nitrogens is 1. The van der Waals surface area contributed by atoms with Crippen molar-refractivity contribution in [2.75, 3.05) is 6.61 Å². The Kier molecular flexibility index (Phi) is 6.80. The topological polar surface area (TPSA) is 31.4 Å². The minimum atomic E-state index is -2.19. The number of rotatable bonds is 8. The molecule has 3 nitrogen and oxygen atoms in total. The van der Waals surface area contributed by atoms with Crippen molar-refractivity contribution in [3.8, 4) is 5.75 Å². The van der Waals surface area contributed by atoms with Gasteiger partial charge in [-0.25, -0.2) is 4.98 Å². The van der Waals surface area contributed by atoms with Crippen molar-refractivity contribution in [3.05, 3.63) is 30.4 Å². The van der Waals surface area contributed by atoms with Crippen LogP contribution in [0.25, 0.3) is 5.76 Å². The predicted octanol–water partition coefficient (Wildman–Crippen LogP) is 5.78. The first-order valence-electron chi connectivity index (χ1n) is 8.34. The van der Waals surface area contributed by atoms with Gasteiger partial charge in [0.25, 0.3) is 14.3 Å². The summed E-state index contributed by atoms with van der Waals surface area (Å²) in [5.74, 6) is 0.0148. The minimum Gasteiger partial charge on any atom is -0.540 e. The molecular weight excluding hydrogens is 309 g/mol. The summed E-state index contributed by atoms with van der Waals surface area (Å²) in [4.78, 5) is 3.96. The zero-order valence-corrected chi connectivity index (χ0v) is 16.4. The lowest BCUT2D eigenvalue weighted by atomic mass is 10.3. The summed E-state index contributed by atoms with van der Waals surface area (Å²) in [6.45, 7) is 19.1. The van der Waals surface area contributed by atoms with Crippen LogP contribution in [0.3, 0.4) is 0 Å². The Hall–Kier alpha value is -1.36. The maximum Gasteiger partial charge on any atom is 0.258 e. The second-order valence-electron chi connectivity index (χ2n) is 6.76. The first kappa shape index (κ1) is 19.7. The molecular formula is C18H30FNO2Si. The molecule has 1 heterocycles. The van der Waals surface area contributed by atoms with Gasteiger partial charge in [-0.05, 0) is 35.7 Å². The molecule has 1 aromatic rings. The van der Waals surface area contributed by atoms with Crippen molar-refractivity contribution in [1.82, 2.24) is 4.98 Å². The van der Waals surface area contributed by atoms with Crippen LogP contribution in [0.4, 0.5) is 4.39 Å². The number of halogens is 1. The molecule has 0 bridgehead atoms. The Labute approximate surface area is 141 Å². The monoisotopic (exact) mass is 339 g/mol. The lowest BCUT2D eigenvalue weighted by Crippen LogP contribution is -2.50. The number of hydrogen-bond acceptors (Lipinski definition) is 3. The highest BCUT2D eigenvalue weighted by Crippen LogP contribution is 2.43. The van der Waals surface area contributed by atoms with Gasteiger partial charge in [-0.3, -0.25) is 0 Å². The van der Waals surface area contributed by atoms with Crippen molar-refractivity contribution in [2.45, 2.75) is 65.1 Å². The fraction of sp³-hybridized carbons (Fsp3) is 0.611. The second kappa shape index (κ2) is 7.95. The van der Waals surface area contributed by atoms with Gasteiger partial charge in [0.1, 0.15) is 11.5 Å². The fourth-order valence-corrected chi connectivity index (χ4v) is 8.69. The van der Waals surface area contributed by atoms with Crippen LogP contribution in [0.2, 0.25) is 16.6 Å². The highest BCUT2D eigenvalue weighted by molar-refractivity contribution is 6.78. The normalized spacial score (nSPS) is 12.1. The molecule has 0 N–H and O–H groups in total. The van der Waals surface area contributed by atoms with Crippen LogP contribution in [-0.4, -0.2) is 19.9 Å². The van der Waals surface area contributed by atoms with Gasteiger partial charge in [0.15, 0.2) is 5.75 Å². The van der Waals surface area contributed by atoms with E-state index in [4.69, 9.17) is 9.16 Å². The quantitative estimate of drug-likeness (QED) is 0.342. The second-order valence-corrected chi connectivity index (χ2v) is 12.1. The van der Waals surface area contributed by atoms with Gasteiger partial charge in [-0.15, -0.1) is 0 Å². The van der Waals surface area contributed by atoms with Gasteiger partial charge in [-0.2, -0.15) is 4.39 Å². The molecule has 0 unspecified atom stereocenters. The van der Waals surface area contributed by atoms with E-state index in [1.54, 1.807) is 12.1 Å². The van der Waals surface area contributed by atoms with Gasteiger partial charge in [0, 0.05) is 0 Å². The largest absolute Gasteiger partial charge is 0.540 e. The molecule has 0 aliphatic rings. The lowest BCUT2D eigenvalue weighted by molar-refractivity contribution is 0.297. The summed E-state index contributed by atoms with van der Waals surface area (Å²) in [6.07, 6.45) is 0. The van der Waals surface area contributed by atoms with Crippen molar-refractivity contribution in [1.29, 1.82) is 0 Å². The third-order valence-electron chi connectivity index (χ3n) is 4.41.